The first kappa shape index (κ1) is 11.4. The van der Waals surface area contributed by atoms with Crippen LogP contribution in [-0.2, 0) is 0 Å². The number of hydrogen-bond donors (Lipinski definition) is 1. The minimum Gasteiger partial charge on any atom is -0.313 e. The minimum absolute atomic E-state index is 0.783. The summed E-state index contributed by atoms with van der Waals surface area (Å²) in [5, 5.41) is 3.63. The molecule has 1 aliphatic heterocycles. The molecule has 0 aromatic rings. The van der Waals surface area contributed by atoms with E-state index in [0.29, 0.717) is 0 Å². The Morgan fingerprint density at radius 3 is 2.87 bits per heavy atom. The van der Waals surface area contributed by atoms with E-state index in [1.54, 1.807) is 0 Å². The predicted octanol–water partition coefficient (Wildman–Crippen LogP) is 2.25. The van der Waals surface area contributed by atoms with Crippen molar-refractivity contribution in [2.75, 3.05) is 26.2 Å². The number of nitrogens with zero attached hydrogens (tertiary/aromatic N) is 1. The maximum absolute atomic E-state index is 3.63. The van der Waals surface area contributed by atoms with Gasteiger partial charge in [0.1, 0.15) is 0 Å². The van der Waals surface area contributed by atoms with E-state index >= 15 is 0 Å². The summed E-state index contributed by atoms with van der Waals surface area (Å²) in [5.74, 6) is 1.11. The molecule has 1 saturated carbocycles. The summed E-state index contributed by atoms with van der Waals surface area (Å²) in [6.45, 7) is 7.41. The third kappa shape index (κ3) is 4.12. The molecule has 15 heavy (non-hydrogen) atoms. The number of likely N-dealkylation sites (tertiary alicyclic amines) is 1. The molecule has 0 radical (unpaired) electrons. The van der Waals surface area contributed by atoms with Gasteiger partial charge in [-0.25, -0.2) is 0 Å². The average Bonchev–Trinajstić information content (AvgIpc) is 2.95. The van der Waals surface area contributed by atoms with Gasteiger partial charge in [-0.05, 0) is 51.2 Å². The monoisotopic (exact) mass is 210 g/mol. The van der Waals surface area contributed by atoms with Crippen LogP contribution in [0.4, 0.5) is 0 Å². The normalized spacial score (nSPS) is 27.4. The molecule has 2 aliphatic rings. The van der Waals surface area contributed by atoms with Gasteiger partial charge in [0.15, 0.2) is 0 Å². The molecule has 1 heterocycles. The van der Waals surface area contributed by atoms with Crippen molar-refractivity contribution in [1.29, 1.82) is 0 Å². The van der Waals surface area contributed by atoms with Crippen LogP contribution in [0.3, 0.4) is 0 Å². The zero-order valence-corrected chi connectivity index (χ0v) is 10.2. The first-order valence-electron chi connectivity index (χ1n) is 6.84. The second kappa shape index (κ2) is 5.86. The van der Waals surface area contributed by atoms with E-state index < -0.39 is 0 Å². The molecule has 1 atom stereocenters. The van der Waals surface area contributed by atoms with Crippen LogP contribution in [-0.4, -0.2) is 37.1 Å². The maximum atomic E-state index is 3.63. The Kier molecular flexibility index (Phi) is 4.45. The Labute approximate surface area is 94.4 Å². The van der Waals surface area contributed by atoms with Gasteiger partial charge in [0.05, 0.1) is 0 Å². The molecular formula is C13H26N2. The van der Waals surface area contributed by atoms with Gasteiger partial charge in [0.25, 0.3) is 0 Å². The number of hydrogen-bond acceptors (Lipinski definition) is 2. The Morgan fingerprint density at radius 1 is 1.27 bits per heavy atom. The van der Waals surface area contributed by atoms with Crippen LogP contribution in [0.2, 0.25) is 0 Å². The third-order valence-corrected chi connectivity index (χ3v) is 3.74. The Balaban J connectivity index is 1.51. The van der Waals surface area contributed by atoms with Crippen LogP contribution >= 0.6 is 0 Å². The highest BCUT2D eigenvalue weighted by Crippen LogP contribution is 2.33. The lowest BCUT2D eigenvalue weighted by molar-refractivity contribution is 0.317. The number of nitrogens with one attached hydrogen (secondary N) is 1. The molecule has 0 spiro atoms. The summed E-state index contributed by atoms with van der Waals surface area (Å²) < 4.78 is 0. The van der Waals surface area contributed by atoms with Gasteiger partial charge < -0.3 is 10.2 Å². The van der Waals surface area contributed by atoms with Gasteiger partial charge in [-0.2, -0.15) is 0 Å². The molecule has 0 aromatic heterocycles. The average molecular weight is 210 g/mol. The lowest BCUT2D eigenvalue weighted by Gasteiger charge is -2.16. The molecule has 2 rings (SSSR count). The topological polar surface area (TPSA) is 15.3 Å². The van der Waals surface area contributed by atoms with Crippen LogP contribution in [0.15, 0.2) is 0 Å². The van der Waals surface area contributed by atoms with Crippen molar-refractivity contribution in [2.24, 2.45) is 5.92 Å². The van der Waals surface area contributed by atoms with E-state index in [-0.39, 0.29) is 0 Å². The first-order valence-corrected chi connectivity index (χ1v) is 6.84. The molecular weight excluding hydrogens is 184 g/mol. The fourth-order valence-corrected chi connectivity index (χ4v) is 2.56. The van der Waals surface area contributed by atoms with E-state index in [4.69, 9.17) is 0 Å². The summed E-state index contributed by atoms with van der Waals surface area (Å²) >= 11 is 0. The summed E-state index contributed by atoms with van der Waals surface area (Å²) in [5.41, 5.74) is 0. The van der Waals surface area contributed by atoms with E-state index in [9.17, 15) is 0 Å². The maximum Gasteiger partial charge on any atom is 0.0207 e. The zero-order chi connectivity index (χ0) is 10.5. The van der Waals surface area contributed by atoms with E-state index in [2.05, 4.69) is 17.1 Å². The van der Waals surface area contributed by atoms with Crippen molar-refractivity contribution in [3.8, 4) is 0 Å². The Morgan fingerprint density at radius 2 is 2.13 bits per heavy atom. The molecule has 1 unspecified atom stereocenters. The lowest BCUT2D eigenvalue weighted by Crippen LogP contribution is -2.33. The van der Waals surface area contributed by atoms with Gasteiger partial charge in [0, 0.05) is 12.6 Å². The van der Waals surface area contributed by atoms with Crippen molar-refractivity contribution in [2.45, 2.75) is 51.5 Å². The molecule has 2 fully saturated rings. The van der Waals surface area contributed by atoms with Crippen LogP contribution < -0.4 is 5.32 Å². The molecule has 1 aliphatic carbocycles. The van der Waals surface area contributed by atoms with E-state index in [1.165, 1.54) is 64.7 Å². The van der Waals surface area contributed by atoms with Crippen molar-refractivity contribution >= 4 is 0 Å². The standard InChI is InChI=1S/C13H26N2/c1-2-8-14-13-7-10-15(11-13)9-3-4-12-5-6-12/h12-14H,2-11H2,1H3. The van der Waals surface area contributed by atoms with Gasteiger partial charge in [-0.1, -0.05) is 19.8 Å². The SMILES string of the molecule is CCCNC1CCN(CCCC2CC2)C1. The lowest BCUT2D eigenvalue weighted by atomic mass is 10.2. The van der Waals surface area contributed by atoms with Crippen LogP contribution in [0.1, 0.15) is 45.4 Å². The highest BCUT2D eigenvalue weighted by molar-refractivity contribution is 4.81. The fourth-order valence-electron chi connectivity index (χ4n) is 2.56. The van der Waals surface area contributed by atoms with Crippen molar-refractivity contribution in [3.05, 3.63) is 0 Å². The molecule has 2 heteroatoms. The van der Waals surface area contributed by atoms with Crippen molar-refractivity contribution in [3.63, 3.8) is 0 Å². The van der Waals surface area contributed by atoms with Crippen LogP contribution in [0.5, 0.6) is 0 Å². The van der Waals surface area contributed by atoms with Crippen LogP contribution in [0.25, 0.3) is 0 Å². The predicted molar refractivity (Wildman–Crippen MR) is 65.1 cm³/mol. The Hall–Kier alpha value is -0.0800. The van der Waals surface area contributed by atoms with E-state index in [0.717, 1.165) is 12.0 Å². The molecule has 0 aromatic carbocycles. The molecule has 2 nitrogen and oxygen atoms in total. The first-order chi connectivity index (χ1) is 7.38. The summed E-state index contributed by atoms with van der Waals surface area (Å²) in [7, 11) is 0. The number of rotatable bonds is 7. The summed E-state index contributed by atoms with van der Waals surface area (Å²) in [4.78, 5) is 2.65. The second-order valence-corrected chi connectivity index (χ2v) is 5.33. The minimum atomic E-state index is 0.783. The molecule has 88 valence electrons. The fraction of sp³-hybridized carbons (Fsp3) is 1.00. The van der Waals surface area contributed by atoms with Crippen molar-refractivity contribution < 1.29 is 0 Å². The zero-order valence-electron chi connectivity index (χ0n) is 10.2. The highest BCUT2D eigenvalue weighted by Gasteiger charge is 2.23. The Bertz CT molecular complexity index is 177. The second-order valence-electron chi connectivity index (χ2n) is 5.33. The summed E-state index contributed by atoms with van der Waals surface area (Å²) in [6.07, 6.45) is 8.58. The van der Waals surface area contributed by atoms with Crippen molar-refractivity contribution in [1.82, 2.24) is 10.2 Å². The highest BCUT2D eigenvalue weighted by atomic mass is 15.2. The van der Waals surface area contributed by atoms with Gasteiger partial charge in [-0.3, -0.25) is 0 Å². The quantitative estimate of drug-likeness (QED) is 0.693. The smallest absolute Gasteiger partial charge is 0.0207 e. The molecule has 0 bridgehead atoms. The van der Waals surface area contributed by atoms with Gasteiger partial charge in [-0.15, -0.1) is 0 Å². The van der Waals surface area contributed by atoms with Gasteiger partial charge in [0.2, 0.25) is 0 Å². The van der Waals surface area contributed by atoms with E-state index in [1.807, 2.05) is 0 Å². The molecule has 1 N–H and O–H groups in total. The summed E-state index contributed by atoms with van der Waals surface area (Å²) in [6, 6.07) is 0.783. The van der Waals surface area contributed by atoms with Gasteiger partial charge >= 0.3 is 0 Å². The molecule has 0 amide bonds. The third-order valence-electron chi connectivity index (χ3n) is 3.74. The molecule has 1 saturated heterocycles. The van der Waals surface area contributed by atoms with Crippen LogP contribution in [0, 0.1) is 5.92 Å². The largest absolute Gasteiger partial charge is 0.313 e.